The zero-order valence-corrected chi connectivity index (χ0v) is 16.5. The van der Waals surface area contributed by atoms with Crippen molar-refractivity contribution in [1.29, 1.82) is 0 Å². The van der Waals surface area contributed by atoms with Gasteiger partial charge in [0.05, 0.1) is 0 Å². The summed E-state index contributed by atoms with van der Waals surface area (Å²) in [6, 6.07) is 25.0. The number of carbonyl (C=O) groups excluding carboxylic acids is 2. The summed E-state index contributed by atoms with van der Waals surface area (Å²) in [5, 5.41) is 5.63. The normalized spacial score (nSPS) is 10.6. The Balaban J connectivity index is 1.71. The monoisotopic (exact) mass is 388 g/mol. The second-order valence-electron chi connectivity index (χ2n) is 6.72. The molecule has 148 valence electrons. The average molecular weight is 388 g/mol. The van der Waals surface area contributed by atoms with E-state index in [9.17, 15) is 9.59 Å². The van der Waals surface area contributed by atoms with Gasteiger partial charge in [0, 0.05) is 18.3 Å². The number of anilines is 2. The maximum absolute atomic E-state index is 12.5. The van der Waals surface area contributed by atoms with Crippen molar-refractivity contribution in [3.05, 3.63) is 95.6 Å². The van der Waals surface area contributed by atoms with Gasteiger partial charge in [-0.25, -0.2) is 0 Å². The summed E-state index contributed by atoms with van der Waals surface area (Å²) < 4.78 is 6.00. The first-order valence-electron chi connectivity index (χ1n) is 9.43. The maximum atomic E-state index is 12.5. The zero-order valence-electron chi connectivity index (χ0n) is 16.5. The molecule has 0 heterocycles. The van der Waals surface area contributed by atoms with Gasteiger partial charge in [-0.3, -0.25) is 9.59 Å². The van der Waals surface area contributed by atoms with Crippen molar-refractivity contribution in [3.63, 3.8) is 0 Å². The van der Waals surface area contributed by atoms with Gasteiger partial charge in [0.25, 0.3) is 0 Å². The Kier molecular flexibility index (Phi) is 6.76. The van der Waals surface area contributed by atoms with Crippen molar-refractivity contribution >= 4 is 23.2 Å². The third-order valence-electron chi connectivity index (χ3n) is 4.50. The minimum atomic E-state index is -0.338. The van der Waals surface area contributed by atoms with E-state index in [1.54, 1.807) is 18.2 Å². The topological polar surface area (TPSA) is 67.4 Å². The molecule has 3 aromatic carbocycles. The standard InChI is InChI=1S/C24H24N2O3/c1-17-21(25-18(2)27)14-9-15-22(17)26-23(28)16-29-24(19-10-5-3-6-11-19)20-12-7-4-8-13-20/h3-15,24H,16H2,1-2H3,(H,25,27)(H,26,28). The fraction of sp³-hybridized carbons (Fsp3) is 0.167. The summed E-state index contributed by atoms with van der Waals surface area (Å²) in [6.45, 7) is 3.20. The third kappa shape index (κ3) is 5.53. The van der Waals surface area contributed by atoms with E-state index in [-0.39, 0.29) is 24.5 Å². The third-order valence-corrected chi connectivity index (χ3v) is 4.50. The first-order valence-corrected chi connectivity index (χ1v) is 9.43. The van der Waals surface area contributed by atoms with E-state index in [1.807, 2.05) is 67.6 Å². The largest absolute Gasteiger partial charge is 0.359 e. The molecular weight excluding hydrogens is 364 g/mol. The van der Waals surface area contributed by atoms with Crippen LogP contribution in [0, 0.1) is 6.92 Å². The number of nitrogens with one attached hydrogen (secondary N) is 2. The Morgan fingerprint density at radius 3 is 1.83 bits per heavy atom. The van der Waals surface area contributed by atoms with Crippen LogP contribution in [0.5, 0.6) is 0 Å². The van der Waals surface area contributed by atoms with Gasteiger partial charge in [-0.15, -0.1) is 0 Å². The lowest BCUT2D eigenvalue weighted by Crippen LogP contribution is -2.21. The number of rotatable bonds is 7. The maximum Gasteiger partial charge on any atom is 0.250 e. The quantitative estimate of drug-likeness (QED) is 0.617. The van der Waals surface area contributed by atoms with Crippen LogP contribution in [0.3, 0.4) is 0 Å². The molecule has 5 nitrogen and oxygen atoms in total. The molecule has 0 saturated heterocycles. The van der Waals surface area contributed by atoms with Crippen LogP contribution >= 0.6 is 0 Å². The average Bonchev–Trinajstić information content (AvgIpc) is 2.72. The highest BCUT2D eigenvalue weighted by atomic mass is 16.5. The van der Waals surface area contributed by atoms with Gasteiger partial charge in [0.2, 0.25) is 11.8 Å². The van der Waals surface area contributed by atoms with E-state index < -0.39 is 0 Å². The number of benzene rings is 3. The van der Waals surface area contributed by atoms with Crippen LogP contribution in [0.15, 0.2) is 78.9 Å². The SMILES string of the molecule is CC(=O)Nc1cccc(NC(=O)COC(c2ccccc2)c2ccccc2)c1C. The van der Waals surface area contributed by atoms with Crippen LogP contribution in [0.25, 0.3) is 0 Å². The summed E-state index contributed by atoms with van der Waals surface area (Å²) in [5.74, 6) is -0.418. The lowest BCUT2D eigenvalue weighted by atomic mass is 10.0. The van der Waals surface area contributed by atoms with Crippen molar-refractivity contribution < 1.29 is 14.3 Å². The van der Waals surface area contributed by atoms with E-state index >= 15 is 0 Å². The summed E-state index contributed by atoms with van der Waals surface area (Å²) in [7, 11) is 0. The van der Waals surface area contributed by atoms with Crippen LogP contribution in [0.2, 0.25) is 0 Å². The Bertz CT molecular complexity index is 932. The molecule has 0 fully saturated rings. The van der Waals surface area contributed by atoms with Gasteiger partial charge in [0.1, 0.15) is 12.7 Å². The van der Waals surface area contributed by atoms with E-state index in [0.29, 0.717) is 11.4 Å². The summed E-state index contributed by atoms with van der Waals surface area (Å²) in [4.78, 5) is 23.9. The van der Waals surface area contributed by atoms with E-state index in [0.717, 1.165) is 16.7 Å². The highest BCUT2D eigenvalue weighted by Crippen LogP contribution is 2.26. The van der Waals surface area contributed by atoms with Crippen LogP contribution in [0.4, 0.5) is 11.4 Å². The first-order chi connectivity index (χ1) is 14.0. The minimum absolute atomic E-state index is 0.0989. The van der Waals surface area contributed by atoms with Gasteiger partial charge in [-0.05, 0) is 35.7 Å². The van der Waals surface area contributed by atoms with Crippen molar-refractivity contribution in [1.82, 2.24) is 0 Å². The molecule has 0 aliphatic carbocycles. The van der Waals surface area contributed by atoms with Crippen LogP contribution in [-0.4, -0.2) is 18.4 Å². The highest BCUT2D eigenvalue weighted by Gasteiger charge is 2.17. The first kappa shape index (κ1) is 20.3. The molecule has 2 N–H and O–H groups in total. The van der Waals surface area contributed by atoms with Crippen LogP contribution < -0.4 is 10.6 Å². The molecule has 0 spiro atoms. The van der Waals surface area contributed by atoms with Gasteiger partial charge in [0.15, 0.2) is 0 Å². The molecule has 0 saturated carbocycles. The number of carbonyl (C=O) groups is 2. The Hall–Kier alpha value is -3.44. The summed E-state index contributed by atoms with van der Waals surface area (Å²) >= 11 is 0. The Labute approximate surface area is 170 Å². The smallest absolute Gasteiger partial charge is 0.250 e. The highest BCUT2D eigenvalue weighted by molar-refractivity contribution is 5.95. The lowest BCUT2D eigenvalue weighted by molar-refractivity contribution is -0.122. The van der Waals surface area contributed by atoms with Crippen molar-refractivity contribution in [2.45, 2.75) is 20.0 Å². The minimum Gasteiger partial charge on any atom is -0.359 e. The van der Waals surface area contributed by atoms with Crippen molar-refractivity contribution in [2.24, 2.45) is 0 Å². The second-order valence-corrected chi connectivity index (χ2v) is 6.72. The molecule has 5 heteroatoms. The molecular formula is C24H24N2O3. The molecule has 0 aliphatic heterocycles. The molecule has 0 aromatic heterocycles. The van der Waals surface area contributed by atoms with Gasteiger partial charge in [-0.2, -0.15) is 0 Å². The van der Waals surface area contributed by atoms with E-state index in [1.165, 1.54) is 6.92 Å². The van der Waals surface area contributed by atoms with E-state index in [2.05, 4.69) is 10.6 Å². The molecule has 3 aromatic rings. The Morgan fingerprint density at radius 1 is 0.793 bits per heavy atom. The molecule has 29 heavy (non-hydrogen) atoms. The molecule has 0 unspecified atom stereocenters. The zero-order chi connectivity index (χ0) is 20.6. The predicted molar refractivity (Wildman–Crippen MR) is 115 cm³/mol. The van der Waals surface area contributed by atoms with Crippen LogP contribution in [0.1, 0.15) is 29.7 Å². The Morgan fingerprint density at radius 2 is 1.31 bits per heavy atom. The molecule has 0 bridgehead atoms. The number of amides is 2. The molecule has 2 amide bonds. The van der Waals surface area contributed by atoms with Crippen molar-refractivity contribution in [2.75, 3.05) is 17.2 Å². The number of ether oxygens (including phenoxy) is 1. The second kappa shape index (κ2) is 9.66. The fourth-order valence-corrected chi connectivity index (χ4v) is 3.08. The van der Waals surface area contributed by atoms with Gasteiger partial charge < -0.3 is 15.4 Å². The number of hydrogen-bond acceptors (Lipinski definition) is 3. The van der Waals surface area contributed by atoms with Gasteiger partial charge >= 0.3 is 0 Å². The van der Waals surface area contributed by atoms with Gasteiger partial charge in [-0.1, -0.05) is 66.7 Å². The summed E-state index contributed by atoms with van der Waals surface area (Å²) in [5.41, 5.74) is 4.06. The van der Waals surface area contributed by atoms with Crippen LogP contribution in [-0.2, 0) is 14.3 Å². The lowest BCUT2D eigenvalue weighted by Gasteiger charge is -2.19. The molecule has 3 rings (SSSR count). The fourth-order valence-electron chi connectivity index (χ4n) is 3.08. The molecule has 0 aliphatic rings. The van der Waals surface area contributed by atoms with Crippen molar-refractivity contribution in [3.8, 4) is 0 Å². The predicted octanol–water partition coefficient (Wildman–Crippen LogP) is 4.70. The summed E-state index contributed by atoms with van der Waals surface area (Å²) in [6.07, 6.45) is -0.338. The molecule has 0 atom stereocenters. The molecule has 0 radical (unpaired) electrons. The van der Waals surface area contributed by atoms with E-state index in [4.69, 9.17) is 4.74 Å². The number of hydrogen-bond donors (Lipinski definition) is 2.